The van der Waals surface area contributed by atoms with E-state index < -0.39 is 28.6 Å². The summed E-state index contributed by atoms with van der Waals surface area (Å²) in [5.41, 5.74) is 0.886. The first-order chi connectivity index (χ1) is 9.39. The molecule has 1 aromatic rings. The molecule has 6 nitrogen and oxygen atoms in total. The minimum absolute atomic E-state index is 0.176. The molecule has 20 heavy (non-hydrogen) atoms. The molecule has 7 heteroatoms. The van der Waals surface area contributed by atoms with Crippen LogP contribution in [0.5, 0.6) is 0 Å². The molecule has 0 aliphatic carbocycles. The number of rotatable bonds is 7. The van der Waals surface area contributed by atoms with Crippen LogP contribution in [0.15, 0.2) is 30.3 Å². The maximum Gasteiger partial charge on any atom is 0.326 e. The number of methoxy groups -OCH3 is 1. The number of hydrogen-bond acceptors (Lipinski definition) is 5. The summed E-state index contributed by atoms with van der Waals surface area (Å²) in [5.74, 6) is -1.22. The summed E-state index contributed by atoms with van der Waals surface area (Å²) in [5, 5.41) is 9.01. The van der Waals surface area contributed by atoms with Crippen LogP contribution in [-0.2, 0) is 19.6 Å². The average molecular weight is 301 g/mol. The predicted molar refractivity (Wildman–Crippen MR) is 74.7 cm³/mol. The lowest BCUT2D eigenvalue weighted by Crippen LogP contribution is -2.45. The third-order valence-corrected chi connectivity index (χ3v) is 4.41. The largest absolute Gasteiger partial charge is 0.468 e. The molecule has 0 aliphatic heterocycles. The van der Waals surface area contributed by atoms with E-state index in [0.717, 1.165) is 12.7 Å². The highest BCUT2D eigenvalue weighted by molar-refractivity contribution is 7.89. The molecule has 1 aromatic carbocycles. The smallest absolute Gasteiger partial charge is 0.326 e. The molecule has 0 aliphatic rings. The molecule has 0 saturated carbocycles. The first-order valence-corrected chi connectivity index (χ1v) is 7.78. The van der Waals surface area contributed by atoms with Gasteiger partial charge in [-0.05, 0) is 11.5 Å². The Kier molecular flexibility index (Phi) is 6.12. The number of aliphatic hydroxyl groups excluding tert-OH is 1. The molecule has 0 heterocycles. The Bertz CT molecular complexity index is 529. The van der Waals surface area contributed by atoms with Crippen molar-refractivity contribution in [3.8, 4) is 0 Å². The third-order valence-electron chi connectivity index (χ3n) is 2.83. The lowest BCUT2D eigenvalue weighted by molar-refractivity contribution is -0.143. The van der Waals surface area contributed by atoms with Gasteiger partial charge in [0, 0.05) is 0 Å². The van der Waals surface area contributed by atoms with Crippen LogP contribution in [0.25, 0.3) is 0 Å². The summed E-state index contributed by atoms with van der Waals surface area (Å²) < 4.78 is 30.5. The van der Waals surface area contributed by atoms with Crippen molar-refractivity contribution in [3.63, 3.8) is 0 Å². The van der Waals surface area contributed by atoms with Gasteiger partial charge in [-0.2, -0.15) is 4.72 Å². The quantitative estimate of drug-likeness (QED) is 0.704. The van der Waals surface area contributed by atoms with Crippen LogP contribution in [0.3, 0.4) is 0 Å². The average Bonchev–Trinajstić information content (AvgIpc) is 2.44. The summed E-state index contributed by atoms with van der Waals surface area (Å²) in [6.07, 6.45) is 0. The third kappa shape index (κ3) is 4.92. The summed E-state index contributed by atoms with van der Waals surface area (Å²) in [4.78, 5) is 11.3. The van der Waals surface area contributed by atoms with Gasteiger partial charge in [0.05, 0.1) is 19.5 Å². The van der Waals surface area contributed by atoms with Gasteiger partial charge >= 0.3 is 5.97 Å². The molecule has 2 unspecified atom stereocenters. The minimum Gasteiger partial charge on any atom is -0.468 e. The van der Waals surface area contributed by atoms with Crippen LogP contribution in [0.1, 0.15) is 18.4 Å². The number of sulfonamides is 1. The van der Waals surface area contributed by atoms with Gasteiger partial charge in [-0.3, -0.25) is 4.79 Å². The Morgan fingerprint density at radius 2 is 1.95 bits per heavy atom. The molecule has 1 rings (SSSR count). The van der Waals surface area contributed by atoms with E-state index in [1.165, 1.54) is 0 Å². The zero-order valence-electron chi connectivity index (χ0n) is 11.4. The second-order valence-electron chi connectivity index (χ2n) is 4.47. The van der Waals surface area contributed by atoms with Gasteiger partial charge in [0.1, 0.15) is 6.04 Å². The molecule has 0 spiro atoms. The van der Waals surface area contributed by atoms with Gasteiger partial charge in [-0.15, -0.1) is 0 Å². The summed E-state index contributed by atoms with van der Waals surface area (Å²) in [7, 11) is -2.58. The van der Waals surface area contributed by atoms with E-state index in [-0.39, 0.29) is 11.7 Å². The standard InChI is InChI=1S/C13H19NO5S/c1-10(11-6-4-3-5-7-11)9-20(17,18)14-12(8-15)13(16)19-2/h3-7,10,12,14-15H,8-9H2,1-2H3. The fraction of sp³-hybridized carbons (Fsp3) is 0.462. The van der Waals surface area contributed by atoms with E-state index in [9.17, 15) is 13.2 Å². The number of nitrogens with one attached hydrogen (secondary N) is 1. The van der Waals surface area contributed by atoms with E-state index in [2.05, 4.69) is 9.46 Å². The lowest BCUT2D eigenvalue weighted by Gasteiger charge is -2.17. The van der Waals surface area contributed by atoms with Crippen molar-refractivity contribution < 1.29 is 23.1 Å². The number of esters is 1. The first kappa shape index (κ1) is 16.6. The van der Waals surface area contributed by atoms with E-state index in [1.54, 1.807) is 6.92 Å². The second-order valence-corrected chi connectivity index (χ2v) is 6.27. The van der Waals surface area contributed by atoms with Crippen LogP contribution in [0.2, 0.25) is 0 Å². The van der Waals surface area contributed by atoms with Crippen LogP contribution in [0.4, 0.5) is 0 Å². The molecule has 0 aromatic heterocycles. The van der Waals surface area contributed by atoms with Crippen LogP contribution < -0.4 is 4.72 Å². The summed E-state index contributed by atoms with van der Waals surface area (Å²) in [6, 6.07) is 7.91. The maximum atomic E-state index is 12.0. The van der Waals surface area contributed by atoms with Gasteiger partial charge in [0.25, 0.3) is 0 Å². The zero-order valence-corrected chi connectivity index (χ0v) is 12.3. The van der Waals surface area contributed by atoms with Gasteiger partial charge < -0.3 is 9.84 Å². The molecule has 0 fully saturated rings. The van der Waals surface area contributed by atoms with Gasteiger partial charge in [-0.1, -0.05) is 37.3 Å². The molecular weight excluding hydrogens is 282 g/mol. The van der Waals surface area contributed by atoms with Crippen molar-refractivity contribution in [3.05, 3.63) is 35.9 Å². The summed E-state index contributed by atoms with van der Waals surface area (Å²) >= 11 is 0. The van der Waals surface area contributed by atoms with Crippen molar-refractivity contribution in [2.24, 2.45) is 0 Å². The minimum atomic E-state index is -3.71. The van der Waals surface area contributed by atoms with E-state index in [1.807, 2.05) is 30.3 Å². The van der Waals surface area contributed by atoms with Gasteiger partial charge in [0.15, 0.2) is 0 Å². The summed E-state index contributed by atoms with van der Waals surface area (Å²) in [6.45, 7) is 1.13. The second kappa shape index (κ2) is 7.37. The topological polar surface area (TPSA) is 92.7 Å². The van der Waals surface area contributed by atoms with Gasteiger partial charge in [-0.25, -0.2) is 8.42 Å². The van der Waals surface area contributed by atoms with Gasteiger partial charge in [0.2, 0.25) is 10.0 Å². The monoisotopic (exact) mass is 301 g/mol. The fourth-order valence-electron chi connectivity index (χ4n) is 1.77. The van der Waals surface area contributed by atoms with Crippen LogP contribution in [0, 0.1) is 0 Å². The molecule has 2 atom stereocenters. The normalized spacial score (nSPS) is 14.6. The number of carbonyl (C=O) groups is 1. The molecule has 2 N–H and O–H groups in total. The highest BCUT2D eigenvalue weighted by Crippen LogP contribution is 2.16. The fourth-order valence-corrected chi connectivity index (χ4v) is 3.33. The number of carbonyl (C=O) groups excluding carboxylic acids is 1. The van der Waals surface area contributed by atoms with Crippen molar-refractivity contribution in [2.75, 3.05) is 19.5 Å². The van der Waals surface area contributed by atoms with Crippen molar-refractivity contribution in [1.82, 2.24) is 4.72 Å². The Labute approximate surface area is 118 Å². The van der Waals surface area contributed by atoms with Crippen molar-refractivity contribution in [1.29, 1.82) is 0 Å². The van der Waals surface area contributed by atoms with E-state index in [4.69, 9.17) is 5.11 Å². The maximum absolute atomic E-state index is 12.0. The van der Waals surface area contributed by atoms with Crippen LogP contribution >= 0.6 is 0 Å². The lowest BCUT2D eigenvalue weighted by atomic mass is 10.0. The number of aliphatic hydroxyl groups is 1. The first-order valence-electron chi connectivity index (χ1n) is 6.13. The SMILES string of the molecule is COC(=O)C(CO)NS(=O)(=O)CC(C)c1ccccc1. The van der Waals surface area contributed by atoms with E-state index >= 15 is 0 Å². The number of benzene rings is 1. The molecule has 112 valence electrons. The number of ether oxygens (including phenoxy) is 1. The Hall–Kier alpha value is -1.44. The van der Waals surface area contributed by atoms with Crippen molar-refractivity contribution in [2.45, 2.75) is 18.9 Å². The molecule has 0 radical (unpaired) electrons. The Morgan fingerprint density at radius 3 is 2.45 bits per heavy atom. The van der Waals surface area contributed by atoms with E-state index in [0.29, 0.717) is 0 Å². The number of hydrogen-bond donors (Lipinski definition) is 2. The Morgan fingerprint density at radius 1 is 1.35 bits per heavy atom. The zero-order chi connectivity index (χ0) is 15.2. The predicted octanol–water partition coefficient (Wildman–Crippen LogP) is 0.243. The molecule has 0 saturated heterocycles. The molecule has 0 bridgehead atoms. The highest BCUT2D eigenvalue weighted by Gasteiger charge is 2.26. The molecular formula is C13H19NO5S. The Balaban J connectivity index is 2.72. The van der Waals surface area contributed by atoms with Crippen LogP contribution in [-0.4, -0.2) is 45.0 Å². The highest BCUT2D eigenvalue weighted by atomic mass is 32.2. The molecule has 0 amide bonds. The van der Waals surface area contributed by atoms with Crippen molar-refractivity contribution >= 4 is 16.0 Å².